The number of benzene rings is 2. The van der Waals surface area contributed by atoms with E-state index in [9.17, 15) is 4.79 Å². The lowest BCUT2D eigenvalue weighted by Gasteiger charge is -2.31. The quantitative estimate of drug-likeness (QED) is 0.776. The maximum absolute atomic E-state index is 12.9. The van der Waals surface area contributed by atoms with Crippen molar-refractivity contribution in [2.45, 2.75) is 39.3 Å². The summed E-state index contributed by atoms with van der Waals surface area (Å²) in [5, 5.41) is 5.84. The number of amidine groups is 1. The van der Waals surface area contributed by atoms with E-state index in [0.29, 0.717) is 11.6 Å². The molecule has 1 aliphatic heterocycles. The SMILES string of the molecule is CCc1c(CC(=O)NN2C(c3ccccc3OC)=NOC2(C)C)cccc1OC. The van der Waals surface area contributed by atoms with E-state index in [1.165, 1.54) is 0 Å². The van der Waals surface area contributed by atoms with E-state index in [1.54, 1.807) is 19.2 Å². The Morgan fingerprint density at radius 3 is 2.48 bits per heavy atom. The second-order valence-corrected chi connectivity index (χ2v) is 7.15. The molecule has 0 fully saturated rings. The molecular weight excluding hydrogens is 370 g/mol. The first kappa shape index (κ1) is 20.5. The second-order valence-electron chi connectivity index (χ2n) is 7.15. The molecule has 0 atom stereocenters. The Morgan fingerprint density at radius 2 is 1.79 bits per heavy atom. The van der Waals surface area contributed by atoms with Gasteiger partial charge in [-0.15, -0.1) is 0 Å². The van der Waals surface area contributed by atoms with Crippen molar-refractivity contribution in [2.24, 2.45) is 5.16 Å². The Morgan fingerprint density at radius 1 is 1.10 bits per heavy atom. The Bertz CT molecular complexity index is 924. The van der Waals surface area contributed by atoms with Gasteiger partial charge in [0.2, 0.25) is 17.5 Å². The second kappa shape index (κ2) is 8.43. The van der Waals surface area contributed by atoms with Crippen LogP contribution >= 0.6 is 0 Å². The zero-order chi connectivity index (χ0) is 21.0. The molecule has 154 valence electrons. The van der Waals surface area contributed by atoms with Gasteiger partial charge < -0.3 is 14.3 Å². The summed E-state index contributed by atoms with van der Waals surface area (Å²) in [6.45, 7) is 5.72. The van der Waals surface area contributed by atoms with Crippen LogP contribution in [0.25, 0.3) is 0 Å². The van der Waals surface area contributed by atoms with Crippen LogP contribution in [0.3, 0.4) is 0 Å². The maximum Gasteiger partial charge on any atom is 0.243 e. The highest BCUT2D eigenvalue weighted by Crippen LogP contribution is 2.29. The Hall–Kier alpha value is -3.22. The Balaban J connectivity index is 1.84. The molecule has 3 rings (SSSR count). The molecule has 1 N–H and O–H groups in total. The third kappa shape index (κ3) is 4.13. The van der Waals surface area contributed by atoms with Gasteiger partial charge in [0.15, 0.2) is 0 Å². The van der Waals surface area contributed by atoms with Crippen LogP contribution in [0, 0.1) is 0 Å². The number of hydrogen-bond acceptors (Lipinski definition) is 6. The van der Waals surface area contributed by atoms with Crippen molar-refractivity contribution in [3.8, 4) is 11.5 Å². The van der Waals surface area contributed by atoms with Gasteiger partial charge in [0.05, 0.1) is 26.2 Å². The van der Waals surface area contributed by atoms with Crippen LogP contribution in [0.4, 0.5) is 0 Å². The fraction of sp³-hybridized carbons (Fsp3) is 0.364. The van der Waals surface area contributed by atoms with Gasteiger partial charge in [0.25, 0.3) is 0 Å². The van der Waals surface area contributed by atoms with Crippen LogP contribution < -0.4 is 14.9 Å². The topological polar surface area (TPSA) is 72.4 Å². The molecule has 0 aromatic heterocycles. The van der Waals surface area contributed by atoms with Gasteiger partial charge in [-0.3, -0.25) is 10.2 Å². The molecule has 2 aromatic rings. The number of amides is 1. The molecule has 7 heteroatoms. The van der Waals surface area contributed by atoms with Crippen molar-refractivity contribution in [2.75, 3.05) is 14.2 Å². The van der Waals surface area contributed by atoms with Gasteiger partial charge in [-0.05, 0) is 49.6 Å². The number of rotatable bonds is 7. The summed E-state index contributed by atoms with van der Waals surface area (Å²) in [5.74, 6) is 1.75. The van der Waals surface area contributed by atoms with Crippen molar-refractivity contribution in [1.29, 1.82) is 0 Å². The maximum atomic E-state index is 12.9. The number of para-hydroxylation sites is 1. The highest BCUT2D eigenvalue weighted by molar-refractivity contribution is 6.02. The van der Waals surface area contributed by atoms with Gasteiger partial charge in [0, 0.05) is 0 Å². The van der Waals surface area contributed by atoms with Gasteiger partial charge in [0.1, 0.15) is 11.5 Å². The molecule has 0 spiro atoms. The highest BCUT2D eigenvalue weighted by Gasteiger charge is 2.40. The van der Waals surface area contributed by atoms with E-state index in [2.05, 4.69) is 10.6 Å². The molecule has 0 radical (unpaired) electrons. The predicted molar refractivity (Wildman–Crippen MR) is 111 cm³/mol. The van der Waals surface area contributed by atoms with Gasteiger partial charge in [-0.25, -0.2) is 5.01 Å². The molecule has 0 saturated heterocycles. The summed E-state index contributed by atoms with van der Waals surface area (Å²) >= 11 is 0. The minimum Gasteiger partial charge on any atom is -0.496 e. The highest BCUT2D eigenvalue weighted by atomic mass is 16.7. The van der Waals surface area contributed by atoms with Crippen LogP contribution in [-0.2, 0) is 22.5 Å². The van der Waals surface area contributed by atoms with Crippen molar-refractivity contribution in [1.82, 2.24) is 10.4 Å². The lowest BCUT2D eigenvalue weighted by molar-refractivity contribution is -0.134. The first-order valence-electron chi connectivity index (χ1n) is 9.55. The largest absolute Gasteiger partial charge is 0.496 e. The first-order chi connectivity index (χ1) is 13.9. The van der Waals surface area contributed by atoms with Crippen molar-refractivity contribution in [3.05, 3.63) is 59.2 Å². The predicted octanol–water partition coefficient (Wildman–Crippen LogP) is 3.27. The summed E-state index contributed by atoms with van der Waals surface area (Å²) in [7, 11) is 3.23. The van der Waals surface area contributed by atoms with E-state index >= 15 is 0 Å². The minimum atomic E-state index is -0.839. The number of carbonyl (C=O) groups excluding carboxylic acids is 1. The first-order valence-corrected chi connectivity index (χ1v) is 9.55. The fourth-order valence-electron chi connectivity index (χ4n) is 3.38. The van der Waals surface area contributed by atoms with Crippen LogP contribution in [0.15, 0.2) is 47.6 Å². The van der Waals surface area contributed by atoms with Crippen LogP contribution in [0.2, 0.25) is 0 Å². The lowest BCUT2D eigenvalue weighted by Crippen LogP contribution is -2.55. The molecule has 1 aliphatic rings. The van der Waals surface area contributed by atoms with Crippen molar-refractivity contribution in [3.63, 3.8) is 0 Å². The summed E-state index contributed by atoms with van der Waals surface area (Å²) in [6, 6.07) is 13.2. The number of nitrogens with zero attached hydrogens (tertiary/aromatic N) is 2. The zero-order valence-corrected chi connectivity index (χ0v) is 17.5. The standard InChI is InChI=1S/C22H27N3O4/c1-6-16-15(10-9-13-18(16)27-4)14-20(26)23-25-21(24-29-22(25,2)3)17-11-7-8-12-19(17)28-5/h7-13H,6,14H2,1-5H3,(H,23,26). The molecule has 0 aliphatic carbocycles. The van der Waals surface area contributed by atoms with Crippen molar-refractivity contribution < 1.29 is 19.1 Å². The van der Waals surface area contributed by atoms with Gasteiger partial charge in [-0.2, -0.15) is 0 Å². The van der Waals surface area contributed by atoms with Crippen LogP contribution in [0.1, 0.15) is 37.5 Å². The smallest absolute Gasteiger partial charge is 0.243 e. The van der Waals surface area contributed by atoms with Gasteiger partial charge >= 0.3 is 0 Å². The van der Waals surface area contributed by atoms with E-state index in [-0.39, 0.29) is 12.3 Å². The van der Waals surface area contributed by atoms with Gasteiger partial charge in [-0.1, -0.05) is 36.3 Å². The normalized spacial score (nSPS) is 14.8. The van der Waals surface area contributed by atoms with Crippen LogP contribution in [-0.4, -0.2) is 36.7 Å². The summed E-state index contributed by atoms with van der Waals surface area (Å²) in [6.07, 6.45) is 0.991. The number of ether oxygens (including phenoxy) is 2. The zero-order valence-electron chi connectivity index (χ0n) is 17.5. The molecule has 29 heavy (non-hydrogen) atoms. The fourth-order valence-corrected chi connectivity index (χ4v) is 3.38. The average Bonchev–Trinajstić information content (AvgIpc) is 3.01. The molecule has 7 nitrogen and oxygen atoms in total. The van der Waals surface area contributed by atoms with E-state index in [1.807, 2.05) is 63.2 Å². The minimum absolute atomic E-state index is 0.172. The molecule has 0 bridgehead atoms. The third-order valence-corrected chi connectivity index (χ3v) is 4.84. The number of oxime groups is 1. The monoisotopic (exact) mass is 397 g/mol. The summed E-state index contributed by atoms with van der Waals surface area (Å²) in [4.78, 5) is 18.5. The molecule has 1 heterocycles. The summed E-state index contributed by atoms with van der Waals surface area (Å²) in [5.41, 5.74) is 4.80. The Labute approximate surface area is 171 Å². The van der Waals surface area contributed by atoms with E-state index in [4.69, 9.17) is 14.3 Å². The molecule has 1 amide bonds. The lowest BCUT2D eigenvalue weighted by atomic mass is 10.0. The molecule has 0 unspecified atom stereocenters. The number of hydrazine groups is 1. The van der Waals surface area contributed by atoms with E-state index < -0.39 is 5.72 Å². The number of carbonyl (C=O) groups is 1. The number of nitrogens with one attached hydrogen (secondary N) is 1. The van der Waals surface area contributed by atoms with Crippen molar-refractivity contribution >= 4 is 11.7 Å². The molecule has 2 aromatic carbocycles. The van der Waals surface area contributed by atoms with E-state index in [0.717, 1.165) is 28.9 Å². The number of methoxy groups -OCH3 is 2. The average molecular weight is 397 g/mol. The molecule has 0 saturated carbocycles. The number of hydrogen-bond donors (Lipinski definition) is 1. The summed E-state index contributed by atoms with van der Waals surface area (Å²) < 4.78 is 10.9. The Kier molecular flexibility index (Phi) is 5.96. The molecular formula is C22H27N3O4. The van der Waals surface area contributed by atoms with Crippen LogP contribution in [0.5, 0.6) is 11.5 Å². The third-order valence-electron chi connectivity index (χ3n) is 4.84.